The van der Waals surface area contributed by atoms with Gasteiger partial charge in [-0.25, -0.2) is 0 Å². The Kier molecular flexibility index (Phi) is 15.4. The van der Waals surface area contributed by atoms with Gasteiger partial charge in [-0.15, -0.1) is 0 Å². The average Bonchev–Trinajstić information content (AvgIpc) is 2.53. The topological polar surface area (TPSA) is 36.9 Å². The van der Waals surface area contributed by atoms with Gasteiger partial charge in [-0.05, 0) is 6.04 Å². The molecule has 0 atom stereocenters. The van der Waals surface area contributed by atoms with Gasteiger partial charge in [0.05, 0.1) is 0 Å². The van der Waals surface area contributed by atoms with Gasteiger partial charge in [-0.2, -0.15) is 0 Å². The zero-order chi connectivity index (χ0) is 15.8. The standard InChI is InChI=1S/C15H36O4Si2/c1-5-6-7-8-9-10-11-12-13-14-15-20-19-21(16-2,17-3)18-4/h5-15,20H2,1-4H3. The molecule has 0 rings (SSSR count). The van der Waals surface area contributed by atoms with Crippen molar-refractivity contribution in [1.82, 2.24) is 0 Å². The van der Waals surface area contributed by atoms with Gasteiger partial charge in [-0.1, -0.05) is 71.1 Å². The summed E-state index contributed by atoms with van der Waals surface area (Å²) in [5.74, 6) is 0. The second kappa shape index (κ2) is 15.2. The van der Waals surface area contributed by atoms with Crippen LogP contribution in [0.2, 0.25) is 6.04 Å². The predicted molar refractivity (Wildman–Crippen MR) is 93.1 cm³/mol. The average molecular weight is 337 g/mol. The fourth-order valence-electron chi connectivity index (χ4n) is 2.39. The fourth-order valence-corrected chi connectivity index (χ4v) is 6.44. The zero-order valence-electron chi connectivity index (χ0n) is 14.6. The monoisotopic (exact) mass is 336 g/mol. The fraction of sp³-hybridized carbons (Fsp3) is 1.00. The van der Waals surface area contributed by atoms with E-state index in [0.717, 1.165) is 0 Å². The molecule has 0 aliphatic heterocycles. The highest BCUT2D eigenvalue weighted by molar-refractivity contribution is 6.60. The summed E-state index contributed by atoms with van der Waals surface area (Å²) in [5, 5.41) is 0. The minimum absolute atomic E-state index is 0.593. The lowest BCUT2D eigenvalue weighted by Crippen LogP contribution is -2.47. The molecule has 6 heteroatoms. The van der Waals surface area contributed by atoms with Crippen molar-refractivity contribution in [2.75, 3.05) is 21.3 Å². The predicted octanol–water partition coefficient (Wildman–Crippen LogP) is 3.80. The lowest BCUT2D eigenvalue weighted by molar-refractivity contribution is 0.0523. The first-order valence-corrected chi connectivity index (χ1v) is 11.7. The van der Waals surface area contributed by atoms with Crippen LogP contribution < -0.4 is 0 Å². The first-order chi connectivity index (χ1) is 10.2. The van der Waals surface area contributed by atoms with E-state index in [1.54, 1.807) is 21.3 Å². The first kappa shape index (κ1) is 21.3. The molecule has 0 aromatic rings. The molecule has 0 aliphatic rings. The van der Waals surface area contributed by atoms with Gasteiger partial charge in [-0.3, -0.25) is 0 Å². The summed E-state index contributed by atoms with van der Waals surface area (Å²) in [6.45, 7) is 2.27. The molecule has 0 N–H and O–H groups in total. The molecule has 0 aromatic carbocycles. The summed E-state index contributed by atoms with van der Waals surface area (Å²) in [4.78, 5) is 0. The number of hydrogen-bond acceptors (Lipinski definition) is 4. The lowest BCUT2D eigenvalue weighted by atomic mass is 10.1. The van der Waals surface area contributed by atoms with Crippen molar-refractivity contribution in [3.63, 3.8) is 0 Å². The molecule has 0 amide bonds. The van der Waals surface area contributed by atoms with Crippen molar-refractivity contribution in [3.8, 4) is 0 Å². The maximum atomic E-state index is 5.77. The van der Waals surface area contributed by atoms with E-state index in [2.05, 4.69) is 6.92 Å². The summed E-state index contributed by atoms with van der Waals surface area (Å²) in [6.07, 6.45) is 13.8. The Morgan fingerprint density at radius 1 is 0.667 bits per heavy atom. The largest absolute Gasteiger partial charge is 0.667 e. The highest BCUT2D eigenvalue weighted by Gasteiger charge is 2.41. The molecule has 0 radical (unpaired) electrons. The van der Waals surface area contributed by atoms with Crippen LogP contribution in [0, 0.1) is 0 Å². The van der Waals surface area contributed by atoms with E-state index in [-0.39, 0.29) is 0 Å². The number of hydrogen-bond donors (Lipinski definition) is 0. The molecule has 128 valence electrons. The number of unbranched alkanes of at least 4 members (excludes halogenated alkanes) is 9. The van der Waals surface area contributed by atoms with E-state index in [0.29, 0.717) is 0 Å². The van der Waals surface area contributed by atoms with E-state index in [9.17, 15) is 0 Å². The third-order valence-corrected chi connectivity index (χ3v) is 8.30. The molecular formula is C15H36O4Si2. The maximum Gasteiger partial charge on any atom is 0.667 e. The Balaban J connectivity index is 3.29. The van der Waals surface area contributed by atoms with Crippen LogP contribution in [-0.4, -0.2) is 40.1 Å². The van der Waals surface area contributed by atoms with Crippen LogP contribution in [-0.2, 0) is 17.4 Å². The molecular weight excluding hydrogens is 300 g/mol. The number of rotatable bonds is 16. The van der Waals surface area contributed by atoms with E-state index in [1.165, 1.54) is 70.3 Å². The zero-order valence-corrected chi connectivity index (χ0v) is 17.0. The van der Waals surface area contributed by atoms with Crippen LogP contribution >= 0.6 is 0 Å². The van der Waals surface area contributed by atoms with Crippen LogP contribution in [0.1, 0.15) is 71.1 Å². The van der Waals surface area contributed by atoms with Crippen LogP contribution in [0.3, 0.4) is 0 Å². The summed E-state index contributed by atoms with van der Waals surface area (Å²) in [7, 11) is 1.43. The first-order valence-electron chi connectivity index (χ1n) is 8.54. The van der Waals surface area contributed by atoms with Gasteiger partial charge < -0.3 is 17.4 Å². The third kappa shape index (κ3) is 11.5. The Bertz CT molecular complexity index is 206. The van der Waals surface area contributed by atoms with Crippen LogP contribution in [0.25, 0.3) is 0 Å². The third-order valence-electron chi connectivity index (χ3n) is 3.78. The smallest absolute Gasteiger partial charge is 0.400 e. The van der Waals surface area contributed by atoms with Crippen molar-refractivity contribution >= 4 is 18.8 Å². The molecule has 0 bridgehead atoms. The van der Waals surface area contributed by atoms with Gasteiger partial charge in [0.2, 0.25) is 0 Å². The molecule has 0 heterocycles. The van der Waals surface area contributed by atoms with Gasteiger partial charge >= 0.3 is 9.05 Å². The SMILES string of the molecule is CCCCCCCCCCCC[SiH2]O[Si](OC)(OC)OC. The van der Waals surface area contributed by atoms with Crippen molar-refractivity contribution in [2.24, 2.45) is 0 Å². The lowest BCUT2D eigenvalue weighted by Gasteiger charge is -2.23. The Hall–Kier alpha value is 0.274. The minimum atomic E-state index is -2.75. The molecule has 0 saturated carbocycles. The normalized spacial score (nSPS) is 12.6. The van der Waals surface area contributed by atoms with Gasteiger partial charge in [0.15, 0.2) is 9.76 Å². The van der Waals surface area contributed by atoms with Crippen molar-refractivity contribution in [1.29, 1.82) is 0 Å². The molecule has 0 saturated heterocycles. The van der Waals surface area contributed by atoms with E-state index < -0.39 is 18.8 Å². The van der Waals surface area contributed by atoms with Crippen LogP contribution in [0.4, 0.5) is 0 Å². The highest BCUT2D eigenvalue weighted by Crippen LogP contribution is 2.12. The summed E-state index contributed by atoms with van der Waals surface area (Å²) < 4.78 is 21.5. The molecule has 0 unspecified atom stereocenters. The van der Waals surface area contributed by atoms with Crippen LogP contribution in [0.5, 0.6) is 0 Å². The Morgan fingerprint density at radius 2 is 1.10 bits per heavy atom. The second-order valence-corrected chi connectivity index (χ2v) is 9.99. The Morgan fingerprint density at radius 3 is 1.52 bits per heavy atom. The van der Waals surface area contributed by atoms with E-state index in [1.807, 2.05) is 0 Å². The molecule has 21 heavy (non-hydrogen) atoms. The van der Waals surface area contributed by atoms with Crippen molar-refractivity contribution in [2.45, 2.75) is 77.2 Å². The maximum absolute atomic E-state index is 5.77. The molecule has 0 aromatic heterocycles. The summed E-state index contributed by atoms with van der Waals surface area (Å²) in [6, 6.07) is 1.18. The van der Waals surface area contributed by atoms with Gasteiger partial charge in [0.25, 0.3) is 0 Å². The summed E-state index contributed by atoms with van der Waals surface area (Å²) in [5.41, 5.74) is 0. The van der Waals surface area contributed by atoms with Gasteiger partial charge in [0.1, 0.15) is 0 Å². The van der Waals surface area contributed by atoms with Gasteiger partial charge in [0, 0.05) is 21.3 Å². The Labute approximate surface area is 135 Å². The molecule has 0 fully saturated rings. The summed E-state index contributed by atoms with van der Waals surface area (Å²) >= 11 is 0. The molecule has 4 nitrogen and oxygen atoms in total. The van der Waals surface area contributed by atoms with E-state index >= 15 is 0 Å². The molecule has 0 spiro atoms. The van der Waals surface area contributed by atoms with E-state index in [4.69, 9.17) is 17.4 Å². The second-order valence-electron chi connectivity index (χ2n) is 5.50. The molecule has 0 aliphatic carbocycles. The van der Waals surface area contributed by atoms with Crippen LogP contribution in [0.15, 0.2) is 0 Å². The van der Waals surface area contributed by atoms with Crippen molar-refractivity contribution < 1.29 is 17.4 Å². The van der Waals surface area contributed by atoms with Crippen molar-refractivity contribution in [3.05, 3.63) is 0 Å². The highest BCUT2D eigenvalue weighted by atomic mass is 28.4. The quantitative estimate of drug-likeness (QED) is 0.317. The minimum Gasteiger partial charge on any atom is -0.400 e.